The fourth-order valence-corrected chi connectivity index (χ4v) is 3.73. The monoisotopic (exact) mass is 325 g/mol. The first-order valence-corrected chi connectivity index (χ1v) is 8.98. The van der Waals surface area contributed by atoms with E-state index in [0.717, 1.165) is 13.1 Å². The Balaban J connectivity index is 1.89. The van der Waals surface area contributed by atoms with Gasteiger partial charge in [-0.25, -0.2) is 13.1 Å². The van der Waals surface area contributed by atoms with Gasteiger partial charge < -0.3 is 10.6 Å². The Morgan fingerprint density at radius 3 is 2.64 bits per heavy atom. The SMILES string of the molecule is CC1CCCN(CCNS(=O)(=O)c2ccc(C(N)=O)cc2)C1. The molecule has 7 heteroatoms. The summed E-state index contributed by atoms with van der Waals surface area (Å²) in [6.07, 6.45) is 2.41. The van der Waals surface area contributed by atoms with Gasteiger partial charge in [-0.15, -0.1) is 0 Å². The van der Waals surface area contributed by atoms with E-state index in [9.17, 15) is 13.2 Å². The normalized spacial score (nSPS) is 20.0. The summed E-state index contributed by atoms with van der Waals surface area (Å²) in [6.45, 7) is 5.36. The molecule has 0 aromatic heterocycles. The molecular formula is C15H23N3O3S. The second kappa shape index (κ2) is 7.21. The van der Waals surface area contributed by atoms with Crippen molar-refractivity contribution < 1.29 is 13.2 Å². The number of sulfonamides is 1. The fraction of sp³-hybridized carbons (Fsp3) is 0.533. The van der Waals surface area contributed by atoms with Crippen molar-refractivity contribution in [2.24, 2.45) is 11.7 Å². The van der Waals surface area contributed by atoms with E-state index < -0.39 is 15.9 Å². The van der Waals surface area contributed by atoms with Gasteiger partial charge >= 0.3 is 0 Å². The van der Waals surface area contributed by atoms with Crippen LogP contribution in [0.1, 0.15) is 30.1 Å². The molecular weight excluding hydrogens is 302 g/mol. The summed E-state index contributed by atoms with van der Waals surface area (Å²) in [6, 6.07) is 5.63. The molecule has 1 fully saturated rings. The second-order valence-electron chi connectivity index (χ2n) is 5.83. The van der Waals surface area contributed by atoms with Crippen molar-refractivity contribution in [1.82, 2.24) is 9.62 Å². The van der Waals surface area contributed by atoms with Gasteiger partial charge in [0, 0.05) is 25.2 Å². The lowest BCUT2D eigenvalue weighted by molar-refractivity contribution is 0.1000. The van der Waals surface area contributed by atoms with Crippen LogP contribution in [-0.4, -0.2) is 45.4 Å². The molecule has 1 aromatic rings. The first-order chi connectivity index (χ1) is 10.4. The molecule has 1 aliphatic rings. The van der Waals surface area contributed by atoms with E-state index in [1.807, 2.05) is 0 Å². The number of hydrogen-bond donors (Lipinski definition) is 2. The number of primary amides is 1. The summed E-state index contributed by atoms with van der Waals surface area (Å²) in [5.74, 6) is 0.0998. The van der Waals surface area contributed by atoms with E-state index in [0.29, 0.717) is 24.6 Å². The van der Waals surface area contributed by atoms with Gasteiger partial charge in [-0.3, -0.25) is 4.79 Å². The topological polar surface area (TPSA) is 92.5 Å². The Morgan fingerprint density at radius 1 is 1.36 bits per heavy atom. The molecule has 1 saturated heterocycles. The summed E-state index contributed by atoms with van der Waals surface area (Å²) in [5, 5.41) is 0. The van der Waals surface area contributed by atoms with Crippen LogP contribution in [0.4, 0.5) is 0 Å². The number of amides is 1. The lowest BCUT2D eigenvalue weighted by Crippen LogP contribution is -2.40. The van der Waals surface area contributed by atoms with Crippen LogP contribution >= 0.6 is 0 Å². The third kappa shape index (κ3) is 4.53. The van der Waals surface area contributed by atoms with Crippen molar-refractivity contribution in [3.05, 3.63) is 29.8 Å². The minimum atomic E-state index is -3.55. The van der Waals surface area contributed by atoms with Crippen molar-refractivity contribution in [1.29, 1.82) is 0 Å². The molecule has 1 aromatic carbocycles. The molecule has 0 radical (unpaired) electrons. The first kappa shape index (κ1) is 16.9. The number of nitrogens with one attached hydrogen (secondary N) is 1. The zero-order chi connectivity index (χ0) is 16.2. The predicted octanol–water partition coefficient (Wildman–Crippen LogP) is 0.796. The number of carbonyl (C=O) groups excluding carboxylic acids is 1. The fourth-order valence-electron chi connectivity index (χ4n) is 2.71. The van der Waals surface area contributed by atoms with Gasteiger partial charge in [0.2, 0.25) is 15.9 Å². The highest BCUT2D eigenvalue weighted by molar-refractivity contribution is 7.89. The molecule has 1 unspecified atom stereocenters. The third-order valence-corrected chi connectivity index (χ3v) is 5.39. The quantitative estimate of drug-likeness (QED) is 0.809. The van der Waals surface area contributed by atoms with Gasteiger partial charge in [-0.1, -0.05) is 6.92 Å². The van der Waals surface area contributed by atoms with Crippen molar-refractivity contribution in [2.45, 2.75) is 24.7 Å². The largest absolute Gasteiger partial charge is 0.366 e. The summed E-state index contributed by atoms with van der Waals surface area (Å²) >= 11 is 0. The summed E-state index contributed by atoms with van der Waals surface area (Å²) < 4.78 is 26.9. The number of benzene rings is 1. The number of nitrogens with zero attached hydrogens (tertiary/aromatic N) is 1. The molecule has 6 nitrogen and oxygen atoms in total. The molecule has 0 bridgehead atoms. The Hall–Kier alpha value is -1.44. The van der Waals surface area contributed by atoms with Crippen LogP contribution in [0.2, 0.25) is 0 Å². The first-order valence-electron chi connectivity index (χ1n) is 7.50. The maximum Gasteiger partial charge on any atom is 0.248 e. The lowest BCUT2D eigenvalue weighted by Gasteiger charge is -2.30. The zero-order valence-corrected chi connectivity index (χ0v) is 13.6. The van der Waals surface area contributed by atoms with E-state index in [-0.39, 0.29) is 4.90 Å². The molecule has 1 aliphatic heterocycles. The molecule has 3 N–H and O–H groups in total. The lowest BCUT2D eigenvalue weighted by atomic mass is 10.0. The van der Waals surface area contributed by atoms with Crippen LogP contribution in [0.5, 0.6) is 0 Å². The number of carbonyl (C=O) groups is 1. The van der Waals surface area contributed by atoms with Crippen LogP contribution in [0.25, 0.3) is 0 Å². The molecule has 0 spiro atoms. The Kier molecular flexibility index (Phi) is 5.55. The Labute approximate surface area is 131 Å². The molecule has 0 saturated carbocycles. The minimum Gasteiger partial charge on any atom is -0.366 e. The van der Waals surface area contributed by atoms with Crippen LogP contribution in [0.15, 0.2) is 29.2 Å². The molecule has 2 rings (SSSR count). The predicted molar refractivity (Wildman–Crippen MR) is 85.0 cm³/mol. The molecule has 0 aliphatic carbocycles. The zero-order valence-electron chi connectivity index (χ0n) is 12.8. The Morgan fingerprint density at radius 2 is 2.05 bits per heavy atom. The Bertz CT molecular complexity index is 613. The molecule has 1 heterocycles. The number of hydrogen-bond acceptors (Lipinski definition) is 4. The average molecular weight is 325 g/mol. The highest BCUT2D eigenvalue weighted by Crippen LogP contribution is 2.15. The van der Waals surface area contributed by atoms with Crippen molar-refractivity contribution in [3.8, 4) is 0 Å². The van der Waals surface area contributed by atoms with Gasteiger partial charge in [0.05, 0.1) is 4.90 Å². The third-order valence-electron chi connectivity index (χ3n) is 3.91. The van der Waals surface area contributed by atoms with Crippen molar-refractivity contribution >= 4 is 15.9 Å². The summed E-state index contributed by atoms with van der Waals surface area (Å²) in [7, 11) is -3.55. The number of piperidine rings is 1. The maximum absolute atomic E-state index is 12.2. The van der Waals surface area contributed by atoms with Crippen LogP contribution in [0, 0.1) is 5.92 Å². The number of rotatable bonds is 6. The van der Waals surface area contributed by atoms with Crippen LogP contribution in [-0.2, 0) is 10.0 Å². The van der Waals surface area contributed by atoms with Gasteiger partial charge in [-0.2, -0.15) is 0 Å². The number of likely N-dealkylation sites (tertiary alicyclic amines) is 1. The maximum atomic E-state index is 12.2. The highest BCUT2D eigenvalue weighted by atomic mass is 32.2. The van der Waals surface area contributed by atoms with E-state index >= 15 is 0 Å². The van der Waals surface area contributed by atoms with E-state index in [2.05, 4.69) is 16.5 Å². The number of nitrogens with two attached hydrogens (primary N) is 1. The van der Waals surface area contributed by atoms with Crippen LogP contribution < -0.4 is 10.5 Å². The minimum absolute atomic E-state index is 0.143. The van der Waals surface area contributed by atoms with Gasteiger partial charge in [0.1, 0.15) is 0 Å². The highest BCUT2D eigenvalue weighted by Gasteiger charge is 2.18. The van der Waals surface area contributed by atoms with Gasteiger partial charge in [0.25, 0.3) is 0 Å². The van der Waals surface area contributed by atoms with Gasteiger partial charge in [0.15, 0.2) is 0 Å². The standard InChI is InChI=1S/C15H23N3O3S/c1-12-3-2-9-18(11-12)10-8-17-22(20,21)14-6-4-13(5-7-14)15(16)19/h4-7,12,17H,2-3,8-11H2,1H3,(H2,16,19). The van der Waals surface area contributed by atoms with E-state index in [1.54, 1.807) is 0 Å². The molecule has 22 heavy (non-hydrogen) atoms. The molecule has 1 atom stereocenters. The van der Waals surface area contributed by atoms with E-state index in [1.165, 1.54) is 37.1 Å². The summed E-state index contributed by atoms with van der Waals surface area (Å²) in [5.41, 5.74) is 5.43. The van der Waals surface area contributed by atoms with Crippen LogP contribution in [0.3, 0.4) is 0 Å². The molecule has 122 valence electrons. The molecule has 1 amide bonds. The van der Waals surface area contributed by atoms with Crippen molar-refractivity contribution in [2.75, 3.05) is 26.2 Å². The van der Waals surface area contributed by atoms with Gasteiger partial charge in [-0.05, 0) is 49.6 Å². The second-order valence-corrected chi connectivity index (χ2v) is 7.60. The smallest absolute Gasteiger partial charge is 0.248 e. The summed E-state index contributed by atoms with van der Waals surface area (Å²) in [4.78, 5) is 13.4. The van der Waals surface area contributed by atoms with E-state index in [4.69, 9.17) is 5.73 Å². The average Bonchev–Trinajstić information content (AvgIpc) is 2.47. The van der Waals surface area contributed by atoms with Crippen molar-refractivity contribution in [3.63, 3.8) is 0 Å².